The molecule has 732 valence electrons. The molecular weight excluding hydrogens is 1940 g/mol. The molecule has 0 aliphatic carbocycles. The second kappa shape index (κ2) is 48.3. The molecular formula is C105H102Cl4N22O10S2. The zero-order valence-corrected chi connectivity index (χ0v) is 84.8. The molecule has 2 atom stereocenters. The number of ether oxygens (including phenoxy) is 2. The molecule has 18 rings (SSSR count). The number of aromatic hydroxyl groups is 1. The van der Waals surface area contributed by atoms with Gasteiger partial charge in [-0.25, -0.2) is 14.4 Å². The van der Waals surface area contributed by atoms with E-state index in [1.807, 2.05) is 234 Å². The number of carbonyl (C=O) groups is 7. The number of aryl methyl sites for hydroxylation is 9. The first-order valence-corrected chi connectivity index (χ1v) is 49.2. The van der Waals surface area contributed by atoms with Gasteiger partial charge in [-0.05, 0) is 268 Å². The molecule has 143 heavy (non-hydrogen) atoms. The Morgan fingerprint density at radius 1 is 0.538 bits per heavy atom. The van der Waals surface area contributed by atoms with Crippen molar-refractivity contribution in [3.05, 3.63) is 318 Å². The van der Waals surface area contributed by atoms with Gasteiger partial charge in [-0.1, -0.05) is 229 Å². The number of fused-ring (bicyclic) bond motifs is 2. The lowest BCUT2D eigenvalue weighted by molar-refractivity contribution is -0.123. The number of amidine groups is 2. The van der Waals surface area contributed by atoms with Gasteiger partial charge in [0.1, 0.15) is 40.8 Å². The number of benzene rings is 12. The highest BCUT2D eigenvalue weighted by atomic mass is 35.5. The van der Waals surface area contributed by atoms with Gasteiger partial charge in [0.05, 0.1) is 48.9 Å². The van der Waals surface area contributed by atoms with Gasteiger partial charge in [0.2, 0.25) is 16.2 Å². The van der Waals surface area contributed by atoms with Crippen LogP contribution in [0.25, 0.3) is 27.5 Å². The fourth-order valence-corrected chi connectivity index (χ4v) is 18.5. The molecule has 3 aliphatic heterocycles. The van der Waals surface area contributed by atoms with Crippen LogP contribution in [-0.2, 0) is 43.5 Å². The molecule has 0 saturated carbocycles. The van der Waals surface area contributed by atoms with Crippen LogP contribution in [0, 0.1) is 48.5 Å². The molecule has 32 nitrogen and oxygen atoms in total. The number of phenols is 1. The largest absolute Gasteiger partial charge is 0.506 e. The Bertz CT molecular complexity index is 7320. The molecule has 0 bridgehead atoms. The summed E-state index contributed by atoms with van der Waals surface area (Å²) < 4.78 is 16.6. The average Bonchev–Trinajstić information content (AvgIpc) is 1.21. The maximum atomic E-state index is 13.9. The summed E-state index contributed by atoms with van der Waals surface area (Å²) in [6.07, 6.45) is 2.85. The third-order valence-electron chi connectivity index (χ3n) is 22.6. The van der Waals surface area contributed by atoms with Crippen LogP contribution in [0.5, 0.6) is 17.2 Å². The Hall–Kier alpha value is -15.2. The number of hydrogen-bond acceptors (Lipinski definition) is 24. The highest BCUT2D eigenvalue weighted by Gasteiger charge is 2.43. The lowest BCUT2D eigenvalue weighted by atomic mass is 10.0. The van der Waals surface area contributed by atoms with Gasteiger partial charge in [-0.3, -0.25) is 33.6 Å². The quantitative estimate of drug-likeness (QED) is 0.0309. The van der Waals surface area contributed by atoms with Crippen LogP contribution in [0.1, 0.15) is 119 Å². The lowest BCUT2D eigenvalue weighted by Crippen LogP contribution is -2.37. The molecule has 15 aromatic rings. The van der Waals surface area contributed by atoms with E-state index in [-0.39, 0.29) is 86.0 Å². The van der Waals surface area contributed by atoms with Gasteiger partial charge in [0, 0.05) is 57.6 Å². The second-order valence-electron chi connectivity index (χ2n) is 32.9. The standard InChI is InChI=1S/C34H28Cl3N5O4.C32H34N8O3S.C21H19N5O2S.C16H15ClN4O.C2H6/c1-18-8-10-27(20(3)12-18)39-30-32(41-42(34(30)45)31-25(36)15-23(35)16-26(31)37)40-33(44)22-6-5-7-24(14-22)38-29(43)17-46-28-11-9-19(2)13-21(28)4;1-4-26(43-27-17-12-21(2)20-22(27)3)30(41)33-23-13-15-25(16-14-23)39-31(42)28(29(35-39)38-18-8-9-19-38)44-32-34-36-37-40(32)24-10-6-5-7-11-24;1-3-26-21(23-24-25-26)29-18-12-16(19(27)15-10-6-5-9-14(15)18)20(28)22-17-11-7-4-8-13(17)2;1-2-11-7-8-12(17)14(9-11)18-16(22)10-21-15-6-4-3-5-13(15)19-20-21;1-2/h5-16H,17H2,1-4H3,(H,38,43)(H,40,41,44);5-7,10-17,20,26,28H,4,8-9,18-19H2,1-3H3,(H,33,41);4-12,27H,3H2,1-2H3,(H,22,28);3-9H,2,10H2,1H3,(H,18,22);1-2H3. The van der Waals surface area contributed by atoms with Crippen LogP contribution < -0.4 is 46.1 Å². The van der Waals surface area contributed by atoms with E-state index >= 15 is 0 Å². The number of anilines is 6. The number of thioether (sulfide) groups is 1. The molecule has 1 fully saturated rings. The van der Waals surface area contributed by atoms with E-state index in [0.717, 1.165) is 109 Å². The number of aromatic nitrogens is 11. The van der Waals surface area contributed by atoms with Crippen LogP contribution in [0.2, 0.25) is 20.1 Å². The summed E-state index contributed by atoms with van der Waals surface area (Å²) in [4.78, 5) is 99.5. The van der Waals surface area contributed by atoms with E-state index in [4.69, 9.17) is 61.0 Å². The van der Waals surface area contributed by atoms with Crippen molar-refractivity contribution in [2.75, 3.05) is 51.0 Å². The number of aliphatic imine (C=N–C) groups is 1. The monoisotopic (exact) mass is 2030 g/mol. The second-order valence-corrected chi connectivity index (χ2v) is 36.7. The number of phenolic OH excluding ortho intramolecular Hbond substituents is 1. The van der Waals surface area contributed by atoms with E-state index in [0.29, 0.717) is 85.1 Å². The minimum atomic E-state index is -0.661. The minimum absolute atomic E-state index is 0.0499. The highest BCUT2D eigenvalue weighted by Crippen LogP contribution is 2.43. The number of carbonyl (C=O) groups excluding carboxylic acids is 7. The van der Waals surface area contributed by atoms with Crippen LogP contribution in [0.4, 0.5) is 39.8 Å². The zero-order chi connectivity index (χ0) is 102. The zero-order valence-electron chi connectivity index (χ0n) is 80.2. The van der Waals surface area contributed by atoms with Crippen LogP contribution in [0.15, 0.2) is 273 Å². The Balaban J connectivity index is 0.000000156. The molecule has 12 aromatic carbocycles. The first-order valence-electron chi connectivity index (χ1n) is 46.0. The molecule has 0 spiro atoms. The number of likely N-dealkylation sites (tertiary alicyclic amines) is 1. The number of amides is 7. The maximum Gasteiger partial charge on any atom is 0.301 e. The van der Waals surface area contributed by atoms with Gasteiger partial charge >= 0.3 is 5.91 Å². The molecule has 0 radical (unpaired) electrons. The van der Waals surface area contributed by atoms with Gasteiger partial charge < -0.3 is 46.1 Å². The van der Waals surface area contributed by atoms with Crippen molar-refractivity contribution in [1.82, 2.24) is 65.6 Å². The number of halogens is 4. The Morgan fingerprint density at radius 2 is 1.20 bits per heavy atom. The Kier molecular flexibility index (Phi) is 35.0. The van der Waals surface area contributed by atoms with Gasteiger partial charge in [-0.15, -0.1) is 20.4 Å². The fourth-order valence-electron chi connectivity index (χ4n) is 15.3. The van der Waals surface area contributed by atoms with Crippen LogP contribution >= 0.6 is 69.9 Å². The van der Waals surface area contributed by atoms with E-state index in [9.17, 15) is 38.7 Å². The topological polar surface area (TPSA) is 383 Å². The summed E-state index contributed by atoms with van der Waals surface area (Å²) in [7, 11) is 0. The summed E-state index contributed by atoms with van der Waals surface area (Å²) in [6.45, 7) is 25.7. The molecule has 7 amide bonds. The van der Waals surface area contributed by atoms with E-state index in [2.05, 4.69) is 89.9 Å². The predicted molar refractivity (Wildman–Crippen MR) is 564 cm³/mol. The molecule has 2 unspecified atom stereocenters. The van der Waals surface area contributed by atoms with Crippen molar-refractivity contribution in [3.63, 3.8) is 0 Å². The smallest absolute Gasteiger partial charge is 0.301 e. The molecule has 3 aromatic heterocycles. The first kappa shape index (κ1) is 104. The van der Waals surface area contributed by atoms with Gasteiger partial charge in [0.25, 0.3) is 29.5 Å². The summed E-state index contributed by atoms with van der Waals surface area (Å²) in [5.74, 6) is -0.811. The van der Waals surface area contributed by atoms with E-state index in [1.165, 1.54) is 46.7 Å². The SMILES string of the molecule is CC.CCC(Oc1ccc(C)cc1C)C(=O)Nc1ccc(N2N=C(N3CCCC3)C(Sc3nnnn3-c3ccccc3)C2=O)cc1.CCc1ccc(Cl)c(NC(=O)Cn2nnc3ccccc32)c1.CCn1nnnc1Sc1cc(C(=O)Nc2ccccc2C)c(O)c2ccccc12.Cc1ccc(N=C2C(=O)N(c3c(Cl)cc(Cl)cc3Cl)N=C2NC(=O)c2cccc(NC(=O)COc3ccc(C)cc3C)c2)c(C)c1. The minimum Gasteiger partial charge on any atom is -0.506 e. The lowest BCUT2D eigenvalue weighted by Gasteiger charge is -2.20. The van der Waals surface area contributed by atoms with Crippen molar-refractivity contribution in [3.8, 4) is 22.9 Å². The van der Waals surface area contributed by atoms with Crippen molar-refractivity contribution in [1.29, 1.82) is 0 Å². The van der Waals surface area contributed by atoms with Crippen LogP contribution in [-0.4, -0.2) is 155 Å². The van der Waals surface area contributed by atoms with Crippen molar-refractivity contribution in [2.45, 2.75) is 148 Å². The summed E-state index contributed by atoms with van der Waals surface area (Å²) in [5.41, 5.74) is 14.2. The normalized spacial score (nSPS) is 13.6. The fraction of sp³-hybridized carbons (Fsp3) is 0.219. The summed E-state index contributed by atoms with van der Waals surface area (Å²) in [5, 5.41) is 71.4. The Morgan fingerprint density at radius 3 is 1.89 bits per heavy atom. The van der Waals surface area contributed by atoms with Crippen molar-refractivity contribution in [2.24, 2.45) is 15.2 Å². The molecule has 1 saturated heterocycles. The number of tetrazole rings is 2. The van der Waals surface area contributed by atoms with Crippen molar-refractivity contribution >= 4 is 190 Å². The molecule has 6 heterocycles. The average molecular weight is 2040 g/mol. The third-order valence-corrected chi connectivity index (χ3v) is 25.8. The first-order chi connectivity index (χ1) is 69.0. The van der Waals surface area contributed by atoms with Gasteiger partial charge in [-0.2, -0.15) is 19.8 Å². The van der Waals surface area contributed by atoms with E-state index < -0.39 is 29.1 Å². The van der Waals surface area contributed by atoms with Gasteiger partial charge in [0.15, 0.2) is 29.5 Å². The summed E-state index contributed by atoms with van der Waals surface area (Å²) in [6, 6.07) is 72.7. The van der Waals surface area contributed by atoms with E-state index in [1.54, 1.807) is 80.8 Å². The molecule has 38 heteroatoms. The number of nitrogens with one attached hydrogen (secondary N) is 5. The number of hydrazone groups is 2. The number of hydrogen-bond donors (Lipinski definition) is 6. The highest BCUT2D eigenvalue weighted by molar-refractivity contribution is 8.01. The number of rotatable bonds is 25. The number of para-hydroxylation sites is 3. The van der Waals surface area contributed by atoms with Crippen molar-refractivity contribution < 1.29 is 48.1 Å². The maximum absolute atomic E-state index is 13.9. The molecule has 3 aliphatic rings. The van der Waals surface area contributed by atoms with Crippen LogP contribution in [0.3, 0.4) is 0 Å². The number of nitrogens with zero attached hydrogens (tertiary/aromatic N) is 17. The molecule has 6 N–H and O–H groups in total. The Labute approximate surface area is 854 Å². The third kappa shape index (κ3) is 25.8. The summed E-state index contributed by atoms with van der Waals surface area (Å²) >= 11 is 27.7. The predicted octanol–water partition coefficient (Wildman–Crippen LogP) is 21.3.